The van der Waals surface area contributed by atoms with Gasteiger partial charge in [-0.25, -0.2) is 4.79 Å². The molecular formula is C18H16ClNO3. The molecule has 2 aromatic carbocycles. The van der Waals surface area contributed by atoms with E-state index < -0.39 is 22.8 Å². The molecule has 0 spiro atoms. The molecule has 2 atom stereocenters. The Balaban J connectivity index is 2.05. The van der Waals surface area contributed by atoms with E-state index in [9.17, 15) is 9.59 Å². The van der Waals surface area contributed by atoms with Crippen LogP contribution in [0.15, 0.2) is 60.7 Å². The first-order valence-corrected chi connectivity index (χ1v) is 7.78. The van der Waals surface area contributed by atoms with Crippen molar-refractivity contribution in [3.8, 4) is 0 Å². The molecule has 1 fully saturated rings. The zero-order valence-corrected chi connectivity index (χ0v) is 13.4. The average molecular weight is 330 g/mol. The van der Waals surface area contributed by atoms with Crippen molar-refractivity contribution < 1.29 is 14.3 Å². The van der Waals surface area contributed by atoms with E-state index in [0.29, 0.717) is 5.69 Å². The molecule has 5 heteroatoms. The molecule has 1 saturated heterocycles. The monoisotopic (exact) mass is 329 g/mol. The molecule has 2 aromatic rings. The quantitative estimate of drug-likeness (QED) is 0.374. The summed E-state index contributed by atoms with van der Waals surface area (Å²) in [6.07, 6.45) is 0. The van der Waals surface area contributed by atoms with Gasteiger partial charge in [-0.05, 0) is 24.6 Å². The molecule has 1 aliphatic rings. The first-order valence-electron chi connectivity index (χ1n) is 7.40. The lowest BCUT2D eigenvalue weighted by atomic mass is 9.80. The Labute approximate surface area is 139 Å². The van der Waals surface area contributed by atoms with Crippen LogP contribution in [0.25, 0.3) is 0 Å². The number of para-hydroxylation sites is 1. The number of benzene rings is 2. The lowest BCUT2D eigenvalue weighted by Gasteiger charge is -2.50. The zero-order chi connectivity index (χ0) is 16.4. The van der Waals surface area contributed by atoms with Gasteiger partial charge in [-0.1, -0.05) is 60.1 Å². The van der Waals surface area contributed by atoms with Crippen LogP contribution in [0.2, 0.25) is 0 Å². The largest absolute Gasteiger partial charge is 0.464 e. The Kier molecular flexibility index (Phi) is 4.09. The van der Waals surface area contributed by atoms with Crippen molar-refractivity contribution in [2.24, 2.45) is 0 Å². The zero-order valence-electron chi connectivity index (χ0n) is 12.6. The summed E-state index contributed by atoms with van der Waals surface area (Å²) in [6, 6.07) is 17.8. The van der Waals surface area contributed by atoms with Gasteiger partial charge >= 0.3 is 5.97 Å². The van der Waals surface area contributed by atoms with Crippen molar-refractivity contribution in [2.75, 3.05) is 11.5 Å². The van der Waals surface area contributed by atoms with Crippen molar-refractivity contribution in [3.63, 3.8) is 0 Å². The Morgan fingerprint density at radius 2 is 1.70 bits per heavy atom. The van der Waals surface area contributed by atoms with Crippen LogP contribution in [0.4, 0.5) is 5.69 Å². The highest BCUT2D eigenvalue weighted by atomic mass is 35.5. The fourth-order valence-electron chi connectivity index (χ4n) is 2.83. The minimum absolute atomic E-state index is 0.174. The number of hydrogen-bond donors (Lipinski definition) is 0. The second-order valence-corrected chi connectivity index (χ2v) is 5.85. The Morgan fingerprint density at radius 1 is 1.13 bits per heavy atom. The van der Waals surface area contributed by atoms with E-state index in [2.05, 4.69) is 0 Å². The Hall–Kier alpha value is -2.33. The van der Waals surface area contributed by atoms with Crippen LogP contribution in [0.1, 0.15) is 18.5 Å². The van der Waals surface area contributed by atoms with Crippen molar-refractivity contribution in [1.29, 1.82) is 0 Å². The van der Waals surface area contributed by atoms with Crippen molar-refractivity contribution in [2.45, 2.75) is 17.8 Å². The normalized spacial score (nSPS) is 23.3. The molecule has 0 radical (unpaired) electrons. The molecule has 0 bridgehead atoms. The van der Waals surface area contributed by atoms with Crippen LogP contribution in [-0.4, -0.2) is 23.4 Å². The van der Waals surface area contributed by atoms with Gasteiger partial charge in [0.05, 0.1) is 6.61 Å². The summed E-state index contributed by atoms with van der Waals surface area (Å²) in [7, 11) is 0. The van der Waals surface area contributed by atoms with Gasteiger partial charge in [-0.2, -0.15) is 0 Å². The third-order valence-electron chi connectivity index (χ3n) is 3.89. The maximum atomic E-state index is 12.7. The third kappa shape index (κ3) is 2.39. The third-order valence-corrected chi connectivity index (χ3v) is 4.41. The number of esters is 1. The number of nitrogens with zero attached hydrogens (tertiary/aromatic N) is 1. The predicted octanol–water partition coefficient (Wildman–Crippen LogP) is 3.32. The van der Waals surface area contributed by atoms with Gasteiger partial charge in [0, 0.05) is 5.69 Å². The molecule has 0 aromatic heterocycles. The summed E-state index contributed by atoms with van der Waals surface area (Å²) < 4.78 is 5.04. The number of alkyl halides is 1. The van der Waals surface area contributed by atoms with Gasteiger partial charge in [0.2, 0.25) is 4.87 Å². The molecule has 3 rings (SSSR count). The van der Waals surface area contributed by atoms with E-state index in [1.54, 1.807) is 11.8 Å². The van der Waals surface area contributed by atoms with Crippen LogP contribution >= 0.6 is 11.6 Å². The second kappa shape index (κ2) is 6.05. The average Bonchev–Trinajstić information content (AvgIpc) is 2.60. The minimum Gasteiger partial charge on any atom is -0.464 e. The molecule has 118 valence electrons. The summed E-state index contributed by atoms with van der Waals surface area (Å²) in [4.78, 5) is 24.8. The highest BCUT2D eigenvalue weighted by Gasteiger charge is 2.67. The first-order chi connectivity index (χ1) is 11.1. The van der Waals surface area contributed by atoms with Crippen molar-refractivity contribution >= 4 is 29.2 Å². The molecule has 1 amide bonds. The number of amides is 1. The Bertz CT molecular complexity index is 720. The molecule has 0 N–H and O–H groups in total. The van der Waals surface area contributed by atoms with Crippen LogP contribution in [0.3, 0.4) is 0 Å². The van der Waals surface area contributed by atoms with E-state index >= 15 is 0 Å². The van der Waals surface area contributed by atoms with Crippen molar-refractivity contribution in [3.05, 3.63) is 66.2 Å². The number of carbonyl (C=O) groups excluding carboxylic acids is 2. The predicted molar refractivity (Wildman–Crippen MR) is 88.3 cm³/mol. The lowest BCUT2D eigenvalue weighted by Crippen LogP contribution is -2.69. The van der Waals surface area contributed by atoms with E-state index in [4.69, 9.17) is 16.3 Å². The van der Waals surface area contributed by atoms with Crippen LogP contribution in [0.5, 0.6) is 0 Å². The smallest absolute Gasteiger partial charge is 0.339 e. The van der Waals surface area contributed by atoms with Crippen LogP contribution in [0, 0.1) is 0 Å². The summed E-state index contributed by atoms with van der Waals surface area (Å²) in [5.74, 6) is -1.16. The maximum Gasteiger partial charge on any atom is 0.339 e. The minimum atomic E-state index is -1.72. The first kappa shape index (κ1) is 15.6. The molecule has 0 saturated carbocycles. The molecule has 4 nitrogen and oxygen atoms in total. The number of carbonyl (C=O) groups is 2. The van der Waals surface area contributed by atoms with E-state index in [1.807, 2.05) is 60.7 Å². The van der Waals surface area contributed by atoms with E-state index in [0.717, 1.165) is 5.56 Å². The van der Waals surface area contributed by atoms with Crippen LogP contribution < -0.4 is 4.90 Å². The number of ether oxygens (including phenoxy) is 1. The van der Waals surface area contributed by atoms with E-state index in [-0.39, 0.29) is 6.61 Å². The SMILES string of the molecule is CCOC(=O)[C@]1(Cl)C(=O)N(c2ccccc2)[C@@H]1c1ccccc1. The number of anilines is 1. The highest BCUT2D eigenvalue weighted by molar-refractivity contribution is 6.51. The summed E-state index contributed by atoms with van der Waals surface area (Å²) in [6.45, 7) is 1.86. The molecule has 1 heterocycles. The molecular weight excluding hydrogens is 314 g/mol. The summed E-state index contributed by atoms with van der Waals surface area (Å²) in [5.41, 5.74) is 1.49. The molecule has 23 heavy (non-hydrogen) atoms. The fraction of sp³-hybridized carbons (Fsp3) is 0.222. The highest BCUT2D eigenvalue weighted by Crippen LogP contribution is 2.50. The van der Waals surface area contributed by atoms with Gasteiger partial charge in [0.1, 0.15) is 6.04 Å². The maximum absolute atomic E-state index is 12.7. The van der Waals surface area contributed by atoms with E-state index in [1.165, 1.54) is 0 Å². The summed E-state index contributed by atoms with van der Waals surface area (Å²) >= 11 is 6.47. The fourth-order valence-corrected chi connectivity index (χ4v) is 3.19. The second-order valence-electron chi connectivity index (χ2n) is 5.26. The Morgan fingerprint density at radius 3 is 2.26 bits per heavy atom. The van der Waals surface area contributed by atoms with Crippen molar-refractivity contribution in [1.82, 2.24) is 0 Å². The van der Waals surface area contributed by atoms with Crippen LogP contribution in [-0.2, 0) is 14.3 Å². The number of halogens is 1. The molecule has 1 aliphatic heterocycles. The molecule has 0 aliphatic carbocycles. The van der Waals surface area contributed by atoms with Gasteiger partial charge in [0.15, 0.2) is 0 Å². The van der Waals surface area contributed by atoms with Gasteiger partial charge in [-0.3, -0.25) is 9.69 Å². The summed E-state index contributed by atoms with van der Waals surface area (Å²) in [5, 5.41) is 0. The number of hydrogen-bond acceptors (Lipinski definition) is 3. The standard InChI is InChI=1S/C18H16ClNO3/c1-2-23-17(22)18(19)15(13-9-5-3-6-10-13)20(16(18)21)14-11-7-4-8-12-14/h3-12,15H,2H2,1H3/t15-,18-/m1/s1. The number of β-lactam (4-membered cyclic amide) rings is 1. The number of rotatable bonds is 4. The topological polar surface area (TPSA) is 46.6 Å². The lowest BCUT2D eigenvalue weighted by molar-refractivity contribution is -0.154. The van der Waals surface area contributed by atoms with Gasteiger partial charge in [-0.15, -0.1) is 0 Å². The molecule has 0 unspecified atom stereocenters. The van der Waals surface area contributed by atoms with Gasteiger partial charge < -0.3 is 4.74 Å². The van der Waals surface area contributed by atoms with Gasteiger partial charge in [0.25, 0.3) is 5.91 Å².